The summed E-state index contributed by atoms with van der Waals surface area (Å²) in [6.45, 7) is 2.49. The molecule has 0 aliphatic heterocycles. The third-order valence-corrected chi connectivity index (χ3v) is 2.50. The van der Waals surface area contributed by atoms with Crippen molar-refractivity contribution in [2.45, 2.75) is 13.0 Å². The van der Waals surface area contributed by atoms with Crippen molar-refractivity contribution < 1.29 is 14.6 Å². The zero-order valence-corrected chi connectivity index (χ0v) is 10.3. The molecule has 1 rings (SSSR count). The van der Waals surface area contributed by atoms with Crippen LogP contribution in [0.2, 0.25) is 0 Å². The first-order chi connectivity index (χ1) is 8.08. The molecule has 94 valence electrons. The third-order valence-electron chi connectivity index (χ3n) is 2.50. The summed E-state index contributed by atoms with van der Waals surface area (Å²) >= 11 is 0. The SMILES string of the molecule is CNC(C)CNC(=O)c1ccc(OC)c(O)c1. The Kier molecular flexibility index (Phi) is 4.78. The van der Waals surface area contributed by atoms with E-state index in [0.717, 1.165) is 0 Å². The average Bonchev–Trinajstić information content (AvgIpc) is 2.35. The number of carbonyl (C=O) groups is 1. The molecule has 5 nitrogen and oxygen atoms in total. The highest BCUT2D eigenvalue weighted by atomic mass is 16.5. The lowest BCUT2D eigenvalue weighted by Crippen LogP contribution is -2.37. The van der Waals surface area contributed by atoms with Gasteiger partial charge in [0.2, 0.25) is 0 Å². The number of hydrogen-bond donors (Lipinski definition) is 3. The zero-order chi connectivity index (χ0) is 12.8. The molecule has 3 N–H and O–H groups in total. The Morgan fingerprint density at radius 2 is 2.24 bits per heavy atom. The number of phenolic OH excluding ortho intramolecular Hbond substituents is 1. The maximum atomic E-state index is 11.7. The Morgan fingerprint density at radius 1 is 1.53 bits per heavy atom. The monoisotopic (exact) mass is 238 g/mol. The van der Waals surface area contributed by atoms with Gasteiger partial charge in [0.15, 0.2) is 11.5 Å². The molecule has 0 bridgehead atoms. The van der Waals surface area contributed by atoms with E-state index >= 15 is 0 Å². The summed E-state index contributed by atoms with van der Waals surface area (Å²) in [5, 5.41) is 15.3. The highest BCUT2D eigenvalue weighted by Crippen LogP contribution is 2.25. The van der Waals surface area contributed by atoms with E-state index in [4.69, 9.17) is 4.74 Å². The van der Waals surface area contributed by atoms with Crippen molar-refractivity contribution >= 4 is 5.91 Å². The van der Waals surface area contributed by atoms with Crippen LogP contribution in [-0.4, -0.2) is 37.8 Å². The van der Waals surface area contributed by atoms with E-state index in [-0.39, 0.29) is 17.7 Å². The predicted molar refractivity (Wildman–Crippen MR) is 65.5 cm³/mol. The molecule has 1 aromatic carbocycles. The maximum absolute atomic E-state index is 11.7. The molecule has 0 saturated heterocycles. The second-order valence-electron chi connectivity index (χ2n) is 3.79. The molecule has 0 heterocycles. The number of nitrogens with one attached hydrogen (secondary N) is 2. The fourth-order valence-corrected chi connectivity index (χ4v) is 1.28. The minimum atomic E-state index is -0.218. The summed E-state index contributed by atoms with van der Waals surface area (Å²) in [7, 11) is 3.29. The number of rotatable bonds is 5. The van der Waals surface area contributed by atoms with Crippen LogP contribution in [-0.2, 0) is 0 Å². The summed E-state index contributed by atoms with van der Waals surface area (Å²) in [5.74, 6) is 0.0945. The van der Waals surface area contributed by atoms with Crippen LogP contribution < -0.4 is 15.4 Å². The fraction of sp³-hybridized carbons (Fsp3) is 0.417. The lowest BCUT2D eigenvalue weighted by molar-refractivity contribution is 0.0950. The summed E-state index contributed by atoms with van der Waals surface area (Å²) < 4.78 is 4.90. The molecule has 1 amide bonds. The van der Waals surface area contributed by atoms with Crippen molar-refractivity contribution in [3.05, 3.63) is 23.8 Å². The molecule has 0 saturated carbocycles. The summed E-state index contributed by atoms with van der Waals surface area (Å²) in [6, 6.07) is 4.76. The average molecular weight is 238 g/mol. The number of hydrogen-bond acceptors (Lipinski definition) is 4. The second kappa shape index (κ2) is 6.10. The van der Waals surface area contributed by atoms with Crippen molar-refractivity contribution in [2.75, 3.05) is 20.7 Å². The molecule has 17 heavy (non-hydrogen) atoms. The summed E-state index contributed by atoms with van der Waals surface area (Å²) in [4.78, 5) is 11.7. The van der Waals surface area contributed by atoms with Crippen molar-refractivity contribution in [3.8, 4) is 11.5 Å². The predicted octanol–water partition coefficient (Wildman–Crippen LogP) is 0.738. The molecule has 5 heteroatoms. The standard InChI is InChI=1S/C12H18N2O3/c1-8(13-2)7-14-12(16)9-4-5-11(17-3)10(15)6-9/h4-6,8,13,15H,7H2,1-3H3,(H,14,16). The summed E-state index contributed by atoms with van der Waals surface area (Å²) in [5.41, 5.74) is 0.409. The minimum Gasteiger partial charge on any atom is -0.504 e. The lowest BCUT2D eigenvalue weighted by Gasteiger charge is -2.12. The zero-order valence-electron chi connectivity index (χ0n) is 10.3. The highest BCUT2D eigenvalue weighted by Gasteiger charge is 2.09. The van der Waals surface area contributed by atoms with E-state index in [1.807, 2.05) is 14.0 Å². The van der Waals surface area contributed by atoms with Gasteiger partial charge in [0.25, 0.3) is 5.91 Å². The van der Waals surface area contributed by atoms with Gasteiger partial charge in [-0.2, -0.15) is 0 Å². The van der Waals surface area contributed by atoms with Crippen molar-refractivity contribution in [2.24, 2.45) is 0 Å². The number of benzene rings is 1. The fourth-order valence-electron chi connectivity index (χ4n) is 1.28. The summed E-state index contributed by atoms with van der Waals surface area (Å²) in [6.07, 6.45) is 0. The van der Waals surface area contributed by atoms with E-state index in [9.17, 15) is 9.90 Å². The topological polar surface area (TPSA) is 70.6 Å². The number of likely N-dealkylation sites (N-methyl/N-ethyl adjacent to an activating group) is 1. The van der Waals surface area contributed by atoms with Crippen LogP contribution in [0.25, 0.3) is 0 Å². The second-order valence-corrected chi connectivity index (χ2v) is 3.79. The quantitative estimate of drug-likeness (QED) is 0.707. The minimum absolute atomic E-state index is 0.0400. The molecule has 0 aromatic heterocycles. The van der Waals surface area contributed by atoms with Gasteiger partial charge in [-0.1, -0.05) is 0 Å². The normalized spacial score (nSPS) is 11.9. The van der Waals surface area contributed by atoms with Gasteiger partial charge in [-0.15, -0.1) is 0 Å². The molecular formula is C12H18N2O3. The molecule has 1 aromatic rings. The smallest absolute Gasteiger partial charge is 0.251 e. The van der Waals surface area contributed by atoms with Crippen molar-refractivity contribution in [1.29, 1.82) is 0 Å². The molecular weight excluding hydrogens is 220 g/mol. The molecule has 0 aliphatic rings. The number of carbonyl (C=O) groups excluding carboxylic acids is 1. The van der Waals surface area contributed by atoms with Crippen LogP contribution in [0, 0.1) is 0 Å². The van der Waals surface area contributed by atoms with Gasteiger partial charge in [0.05, 0.1) is 7.11 Å². The van der Waals surface area contributed by atoms with Crippen LogP contribution in [0.5, 0.6) is 11.5 Å². The number of amides is 1. The Labute approximate surface area is 101 Å². The highest BCUT2D eigenvalue weighted by molar-refractivity contribution is 5.94. The van der Waals surface area contributed by atoms with Crippen LogP contribution in [0.3, 0.4) is 0 Å². The van der Waals surface area contributed by atoms with Crippen LogP contribution in [0.15, 0.2) is 18.2 Å². The number of phenols is 1. The van der Waals surface area contributed by atoms with E-state index in [2.05, 4.69) is 10.6 Å². The molecule has 0 aliphatic carbocycles. The lowest BCUT2D eigenvalue weighted by atomic mass is 10.2. The first-order valence-electron chi connectivity index (χ1n) is 5.41. The van der Waals surface area contributed by atoms with Crippen molar-refractivity contribution in [3.63, 3.8) is 0 Å². The number of ether oxygens (including phenoxy) is 1. The first kappa shape index (κ1) is 13.3. The molecule has 1 unspecified atom stereocenters. The van der Waals surface area contributed by atoms with Gasteiger partial charge in [-0.05, 0) is 32.2 Å². The van der Waals surface area contributed by atoms with Gasteiger partial charge >= 0.3 is 0 Å². The molecule has 0 fully saturated rings. The van der Waals surface area contributed by atoms with E-state index in [1.54, 1.807) is 12.1 Å². The van der Waals surface area contributed by atoms with Gasteiger partial charge in [-0.25, -0.2) is 0 Å². The molecule has 0 radical (unpaired) electrons. The van der Waals surface area contributed by atoms with Crippen LogP contribution in [0.1, 0.15) is 17.3 Å². The van der Waals surface area contributed by atoms with Gasteiger partial charge in [0.1, 0.15) is 0 Å². The number of aromatic hydroxyl groups is 1. The Hall–Kier alpha value is -1.75. The largest absolute Gasteiger partial charge is 0.504 e. The van der Waals surface area contributed by atoms with E-state index < -0.39 is 0 Å². The Bertz CT molecular complexity index is 393. The first-order valence-corrected chi connectivity index (χ1v) is 5.41. The van der Waals surface area contributed by atoms with E-state index in [0.29, 0.717) is 17.9 Å². The Balaban J connectivity index is 2.66. The molecule has 1 atom stereocenters. The van der Waals surface area contributed by atoms with Crippen molar-refractivity contribution in [1.82, 2.24) is 10.6 Å². The van der Waals surface area contributed by atoms with Gasteiger partial charge in [-0.3, -0.25) is 4.79 Å². The Morgan fingerprint density at radius 3 is 2.76 bits per heavy atom. The van der Waals surface area contributed by atoms with Gasteiger partial charge < -0.3 is 20.5 Å². The van der Waals surface area contributed by atoms with Gasteiger partial charge in [0, 0.05) is 18.2 Å². The third kappa shape index (κ3) is 3.64. The van der Waals surface area contributed by atoms with E-state index in [1.165, 1.54) is 13.2 Å². The van der Waals surface area contributed by atoms with Crippen LogP contribution in [0.4, 0.5) is 0 Å². The van der Waals surface area contributed by atoms with Crippen LogP contribution >= 0.6 is 0 Å². The maximum Gasteiger partial charge on any atom is 0.251 e. The molecule has 0 spiro atoms. The number of methoxy groups -OCH3 is 1.